The van der Waals surface area contributed by atoms with Crippen LogP contribution in [0.1, 0.15) is 77.6 Å². The molecule has 0 aromatic heterocycles. The molecule has 3 nitrogen and oxygen atoms in total. The molecule has 0 saturated heterocycles. The second-order valence-electron chi connectivity index (χ2n) is 4.92. The van der Waals surface area contributed by atoms with Crippen LogP contribution < -0.4 is 5.73 Å². The molecule has 17 heavy (non-hydrogen) atoms. The van der Waals surface area contributed by atoms with Gasteiger partial charge in [-0.1, -0.05) is 71.1 Å². The number of nitrogens with two attached hydrogens (primary N) is 1. The highest BCUT2D eigenvalue weighted by Crippen LogP contribution is 2.11. The number of hydrogen-bond donors (Lipinski definition) is 2. The van der Waals surface area contributed by atoms with Gasteiger partial charge >= 0.3 is 5.97 Å². The lowest BCUT2D eigenvalue weighted by molar-refractivity contribution is -0.138. The maximum atomic E-state index is 10.5. The van der Waals surface area contributed by atoms with Crippen LogP contribution in [-0.4, -0.2) is 17.1 Å². The standard InChI is InChI=1S/C14H29NO2/c1-2-3-4-5-6-7-8-9-10-11-12-13(15)14(16)17/h13H,2-12,15H2,1H3,(H,16,17). The third-order valence-corrected chi connectivity index (χ3v) is 3.19. The zero-order valence-electron chi connectivity index (χ0n) is 11.3. The third-order valence-electron chi connectivity index (χ3n) is 3.19. The van der Waals surface area contributed by atoms with Gasteiger partial charge in [0.15, 0.2) is 0 Å². The maximum absolute atomic E-state index is 10.5. The molecule has 0 aliphatic carbocycles. The largest absolute Gasteiger partial charge is 0.480 e. The predicted octanol–water partition coefficient (Wildman–Crippen LogP) is 3.71. The Morgan fingerprint density at radius 1 is 0.941 bits per heavy atom. The first-order valence-electron chi connectivity index (χ1n) is 7.17. The van der Waals surface area contributed by atoms with Crippen LogP contribution in [0.2, 0.25) is 0 Å². The number of carboxylic acid groups (broad SMARTS) is 1. The highest BCUT2D eigenvalue weighted by Gasteiger charge is 2.09. The van der Waals surface area contributed by atoms with Crippen molar-refractivity contribution < 1.29 is 9.90 Å². The topological polar surface area (TPSA) is 63.3 Å². The minimum absolute atomic E-state index is 0.617. The molecular weight excluding hydrogens is 214 g/mol. The molecule has 0 aromatic carbocycles. The molecular formula is C14H29NO2. The first-order valence-corrected chi connectivity index (χ1v) is 7.17. The smallest absolute Gasteiger partial charge is 0.320 e. The first kappa shape index (κ1) is 16.4. The van der Waals surface area contributed by atoms with Crippen molar-refractivity contribution in [3.63, 3.8) is 0 Å². The van der Waals surface area contributed by atoms with Crippen molar-refractivity contribution in [3.05, 3.63) is 0 Å². The molecule has 0 rings (SSSR count). The van der Waals surface area contributed by atoms with E-state index in [-0.39, 0.29) is 0 Å². The quantitative estimate of drug-likeness (QED) is 0.514. The molecule has 0 aliphatic rings. The number of rotatable bonds is 12. The molecule has 0 saturated carbocycles. The van der Waals surface area contributed by atoms with Gasteiger partial charge in [-0.2, -0.15) is 0 Å². The van der Waals surface area contributed by atoms with Crippen molar-refractivity contribution in [3.8, 4) is 0 Å². The minimum atomic E-state index is -0.874. The van der Waals surface area contributed by atoms with Crippen molar-refractivity contribution in [1.82, 2.24) is 0 Å². The molecule has 0 bridgehead atoms. The second kappa shape index (κ2) is 11.9. The number of carbonyl (C=O) groups is 1. The lowest BCUT2D eigenvalue weighted by Crippen LogP contribution is -2.29. The van der Waals surface area contributed by atoms with Gasteiger partial charge in [0.1, 0.15) is 6.04 Å². The fourth-order valence-electron chi connectivity index (χ4n) is 1.98. The summed E-state index contributed by atoms with van der Waals surface area (Å²) in [5.41, 5.74) is 5.43. The van der Waals surface area contributed by atoms with E-state index < -0.39 is 12.0 Å². The molecule has 1 unspecified atom stereocenters. The van der Waals surface area contributed by atoms with Gasteiger partial charge in [-0.25, -0.2) is 0 Å². The summed E-state index contributed by atoms with van der Waals surface area (Å²) in [5, 5.41) is 8.60. The summed E-state index contributed by atoms with van der Waals surface area (Å²) in [6, 6.07) is -0.663. The maximum Gasteiger partial charge on any atom is 0.320 e. The molecule has 0 aromatic rings. The normalized spacial score (nSPS) is 12.6. The summed E-state index contributed by atoms with van der Waals surface area (Å²) < 4.78 is 0. The van der Waals surface area contributed by atoms with E-state index >= 15 is 0 Å². The number of hydrogen-bond acceptors (Lipinski definition) is 2. The van der Waals surface area contributed by atoms with Gasteiger partial charge in [0, 0.05) is 0 Å². The van der Waals surface area contributed by atoms with Gasteiger partial charge in [0.05, 0.1) is 0 Å². The van der Waals surface area contributed by atoms with Crippen LogP contribution in [0.15, 0.2) is 0 Å². The molecule has 3 N–H and O–H groups in total. The molecule has 1 atom stereocenters. The van der Waals surface area contributed by atoms with E-state index in [4.69, 9.17) is 10.8 Å². The Morgan fingerprint density at radius 2 is 1.35 bits per heavy atom. The number of aliphatic carboxylic acids is 1. The van der Waals surface area contributed by atoms with Crippen molar-refractivity contribution >= 4 is 5.97 Å². The lowest BCUT2D eigenvalue weighted by atomic mass is 10.0. The second-order valence-corrected chi connectivity index (χ2v) is 4.92. The highest BCUT2D eigenvalue weighted by atomic mass is 16.4. The first-order chi connectivity index (χ1) is 8.18. The third kappa shape index (κ3) is 11.7. The Balaban J connectivity index is 3.06. The van der Waals surface area contributed by atoms with Crippen molar-refractivity contribution in [2.75, 3.05) is 0 Å². The Morgan fingerprint density at radius 3 is 1.76 bits per heavy atom. The molecule has 0 heterocycles. The molecule has 0 amide bonds. The van der Waals surface area contributed by atoms with Gasteiger partial charge < -0.3 is 10.8 Å². The zero-order valence-corrected chi connectivity index (χ0v) is 11.3. The monoisotopic (exact) mass is 243 g/mol. The summed E-state index contributed by atoms with van der Waals surface area (Å²) in [5.74, 6) is -0.874. The van der Waals surface area contributed by atoms with Gasteiger partial charge in [0.25, 0.3) is 0 Å². The van der Waals surface area contributed by atoms with Crippen LogP contribution in [0.3, 0.4) is 0 Å². The van der Waals surface area contributed by atoms with E-state index in [0.29, 0.717) is 6.42 Å². The predicted molar refractivity (Wildman–Crippen MR) is 72.1 cm³/mol. The Kier molecular flexibility index (Phi) is 11.5. The van der Waals surface area contributed by atoms with E-state index in [0.717, 1.165) is 12.8 Å². The average molecular weight is 243 g/mol. The minimum Gasteiger partial charge on any atom is -0.480 e. The van der Waals surface area contributed by atoms with Gasteiger partial charge in [0.2, 0.25) is 0 Å². The van der Waals surface area contributed by atoms with Crippen molar-refractivity contribution in [2.24, 2.45) is 5.73 Å². The average Bonchev–Trinajstić information content (AvgIpc) is 2.31. The SMILES string of the molecule is CCCCCCCCCCCCC(N)C(=O)O. The zero-order chi connectivity index (χ0) is 12.9. The van der Waals surface area contributed by atoms with Gasteiger partial charge in [-0.15, -0.1) is 0 Å². The van der Waals surface area contributed by atoms with Crippen LogP contribution in [0, 0.1) is 0 Å². The van der Waals surface area contributed by atoms with Crippen LogP contribution >= 0.6 is 0 Å². The molecule has 0 aliphatic heterocycles. The lowest BCUT2D eigenvalue weighted by Gasteiger charge is -2.05. The van der Waals surface area contributed by atoms with Crippen LogP contribution in [0.25, 0.3) is 0 Å². The summed E-state index contributed by atoms with van der Waals surface area (Å²) in [4.78, 5) is 10.5. The van der Waals surface area contributed by atoms with Gasteiger partial charge in [-0.3, -0.25) is 4.79 Å². The molecule has 0 fully saturated rings. The fraction of sp³-hybridized carbons (Fsp3) is 0.929. The van der Waals surface area contributed by atoms with E-state index in [1.54, 1.807) is 0 Å². The Labute approximate surface area is 106 Å². The van der Waals surface area contributed by atoms with Crippen LogP contribution in [0.4, 0.5) is 0 Å². The Hall–Kier alpha value is -0.570. The van der Waals surface area contributed by atoms with E-state index in [1.807, 2.05) is 0 Å². The highest BCUT2D eigenvalue weighted by molar-refractivity contribution is 5.72. The number of carboxylic acids is 1. The van der Waals surface area contributed by atoms with Crippen LogP contribution in [0.5, 0.6) is 0 Å². The van der Waals surface area contributed by atoms with Crippen molar-refractivity contribution in [2.45, 2.75) is 83.6 Å². The van der Waals surface area contributed by atoms with E-state index in [9.17, 15) is 4.79 Å². The summed E-state index contributed by atoms with van der Waals surface area (Å²) in [6.45, 7) is 2.24. The molecule has 0 spiro atoms. The van der Waals surface area contributed by atoms with E-state index in [1.165, 1.54) is 51.4 Å². The Bertz CT molecular complexity index is 183. The summed E-state index contributed by atoms with van der Waals surface area (Å²) in [6.07, 6.45) is 13.3. The van der Waals surface area contributed by atoms with Crippen molar-refractivity contribution in [1.29, 1.82) is 0 Å². The summed E-state index contributed by atoms with van der Waals surface area (Å²) >= 11 is 0. The van der Waals surface area contributed by atoms with Crippen LogP contribution in [-0.2, 0) is 4.79 Å². The number of unbranched alkanes of at least 4 members (excludes halogenated alkanes) is 9. The van der Waals surface area contributed by atoms with E-state index in [2.05, 4.69) is 6.92 Å². The van der Waals surface area contributed by atoms with Gasteiger partial charge in [-0.05, 0) is 6.42 Å². The molecule has 0 radical (unpaired) electrons. The fourth-order valence-corrected chi connectivity index (χ4v) is 1.98. The molecule has 3 heteroatoms. The summed E-state index contributed by atoms with van der Waals surface area (Å²) in [7, 11) is 0. The molecule has 102 valence electrons.